The van der Waals surface area contributed by atoms with Crippen LogP contribution in [0.2, 0.25) is 0 Å². The standard InChI is InChI=1S/C11H17N3S/c1-9(12)10-3-2-4-13-11(10)14-5-7-15-8-6-14/h2-4,9H,5-8,12H2,1H3/t9-/m1/s1. The van der Waals surface area contributed by atoms with E-state index in [0.29, 0.717) is 0 Å². The summed E-state index contributed by atoms with van der Waals surface area (Å²) in [6, 6.07) is 4.10. The van der Waals surface area contributed by atoms with E-state index in [1.807, 2.05) is 30.9 Å². The highest BCUT2D eigenvalue weighted by Crippen LogP contribution is 2.24. The molecule has 0 bridgehead atoms. The zero-order valence-electron chi connectivity index (χ0n) is 9.02. The zero-order valence-corrected chi connectivity index (χ0v) is 9.83. The van der Waals surface area contributed by atoms with E-state index in [2.05, 4.69) is 16.0 Å². The Morgan fingerprint density at radius 1 is 1.47 bits per heavy atom. The molecule has 2 rings (SSSR count). The van der Waals surface area contributed by atoms with Crippen molar-refractivity contribution in [1.82, 2.24) is 4.98 Å². The first kappa shape index (κ1) is 10.8. The Kier molecular flexibility index (Phi) is 3.49. The summed E-state index contributed by atoms with van der Waals surface area (Å²) in [6.45, 7) is 4.18. The molecule has 15 heavy (non-hydrogen) atoms. The molecule has 0 aromatic carbocycles. The van der Waals surface area contributed by atoms with Crippen molar-refractivity contribution in [2.45, 2.75) is 13.0 Å². The number of pyridine rings is 1. The van der Waals surface area contributed by atoms with E-state index < -0.39 is 0 Å². The Morgan fingerprint density at radius 3 is 2.87 bits per heavy atom. The lowest BCUT2D eigenvalue weighted by atomic mass is 10.1. The Labute approximate surface area is 95.1 Å². The molecule has 1 fully saturated rings. The predicted molar refractivity (Wildman–Crippen MR) is 66.4 cm³/mol. The van der Waals surface area contributed by atoms with Gasteiger partial charge in [0.1, 0.15) is 5.82 Å². The summed E-state index contributed by atoms with van der Waals surface area (Å²) < 4.78 is 0. The van der Waals surface area contributed by atoms with Crippen molar-refractivity contribution in [3.8, 4) is 0 Å². The van der Waals surface area contributed by atoms with E-state index in [1.54, 1.807) is 0 Å². The Hall–Kier alpha value is -0.740. The quantitative estimate of drug-likeness (QED) is 0.828. The van der Waals surface area contributed by atoms with Gasteiger partial charge in [0, 0.05) is 42.4 Å². The van der Waals surface area contributed by atoms with Crippen molar-refractivity contribution in [2.75, 3.05) is 29.5 Å². The van der Waals surface area contributed by atoms with Crippen LogP contribution >= 0.6 is 11.8 Å². The van der Waals surface area contributed by atoms with Gasteiger partial charge in [0.25, 0.3) is 0 Å². The van der Waals surface area contributed by atoms with E-state index >= 15 is 0 Å². The van der Waals surface area contributed by atoms with Gasteiger partial charge in [-0.05, 0) is 13.0 Å². The molecule has 0 amide bonds. The SMILES string of the molecule is C[C@@H](N)c1cccnc1N1CCSCC1. The molecule has 1 saturated heterocycles. The maximum Gasteiger partial charge on any atom is 0.133 e. The minimum Gasteiger partial charge on any atom is -0.355 e. The molecule has 1 aliphatic rings. The highest BCUT2D eigenvalue weighted by molar-refractivity contribution is 7.99. The van der Waals surface area contributed by atoms with Gasteiger partial charge in [-0.2, -0.15) is 11.8 Å². The molecule has 82 valence electrons. The third-order valence-electron chi connectivity index (χ3n) is 2.62. The van der Waals surface area contributed by atoms with Crippen molar-refractivity contribution in [3.63, 3.8) is 0 Å². The second kappa shape index (κ2) is 4.86. The van der Waals surface area contributed by atoms with E-state index in [1.165, 1.54) is 11.5 Å². The van der Waals surface area contributed by atoms with Crippen LogP contribution in [-0.2, 0) is 0 Å². The van der Waals surface area contributed by atoms with Crippen LogP contribution in [0.3, 0.4) is 0 Å². The number of aromatic nitrogens is 1. The maximum atomic E-state index is 5.95. The molecule has 1 aromatic rings. The van der Waals surface area contributed by atoms with Crippen molar-refractivity contribution < 1.29 is 0 Å². The predicted octanol–water partition coefficient (Wildman–Crippen LogP) is 1.65. The third-order valence-corrected chi connectivity index (χ3v) is 3.56. The molecule has 0 unspecified atom stereocenters. The van der Waals surface area contributed by atoms with Crippen LogP contribution in [0.1, 0.15) is 18.5 Å². The van der Waals surface area contributed by atoms with E-state index in [-0.39, 0.29) is 6.04 Å². The van der Waals surface area contributed by atoms with Crippen LogP contribution in [0.15, 0.2) is 18.3 Å². The fourth-order valence-corrected chi connectivity index (χ4v) is 2.71. The van der Waals surface area contributed by atoms with Gasteiger partial charge in [-0.1, -0.05) is 6.07 Å². The van der Waals surface area contributed by atoms with Crippen molar-refractivity contribution in [2.24, 2.45) is 5.73 Å². The molecule has 2 N–H and O–H groups in total. The molecule has 0 radical (unpaired) electrons. The third kappa shape index (κ3) is 2.44. The number of rotatable bonds is 2. The van der Waals surface area contributed by atoms with Crippen molar-refractivity contribution in [3.05, 3.63) is 23.9 Å². The molecule has 4 heteroatoms. The molecule has 1 atom stereocenters. The molecular formula is C11H17N3S. The molecule has 0 spiro atoms. The summed E-state index contributed by atoms with van der Waals surface area (Å²) in [7, 11) is 0. The number of hydrogen-bond acceptors (Lipinski definition) is 4. The van der Waals surface area contributed by atoms with Crippen LogP contribution in [-0.4, -0.2) is 29.6 Å². The van der Waals surface area contributed by atoms with Gasteiger partial charge >= 0.3 is 0 Å². The number of thioether (sulfide) groups is 1. The molecule has 1 aromatic heterocycles. The molecule has 1 aliphatic heterocycles. The molecular weight excluding hydrogens is 206 g/mol. The van der Waals surface area contributed by atoms with E-state index in [9.17, 15) is 0 Å². The molecule has 3 nitrogen and oxygen atoms in total. The fourth-order valence-electron chi connectivity index (χ4n) is 1.80. The van der Waals surface area contributed by atoms with E-state index in [0.717, 1.165) is 24.5 Å². The maximum absolute atomic E-state index is 5.95. The average molecular weight is 223 g/mol. The van der Waals surface area contributed by atoms with Gasteiger partial charge < -0.3 is 10.6 Å². The number of nitrogens with two attached hydrogens (primary N) is 1. The Morgan fingerprint density at radius 2 is 2.20 bits per heavy atom. The van der Waals surface area contributed by atoms with Gasteiger partial charge in [0.05, 0.1) is 0 Å². The van der Waals surface area contributed by atoms with Gasteiger partial charge in [-0.3, -0.25) is 0 Å². The highest BCUT2D eigenvalue weighted by Gasteiger charge is 2.16. The second-order valence-electron chi connectivity index (χ2n) is 3.80. The topological polar surface area (TPSA) is 42.1 Å². The van der Waals surface area contributed by atoms with Gasteiger partial charge in [-0.25, -0.2) is 4.98 Å². The number of anilines is 1. The largest absolute Gasteiger partial charge is 0.355 e. The lowest BCUT2D eigenvalue weighted by Crippen LogP contribution is -2.34. The van der Waals surface area contributed by atoms with E-state index in [4.69, 9.17) is 5.73 Å². The van der Waals surface area contributed by atoms with Crippen LogP contribution in [0.4, 0.5) is 5.82 Å². The smallest absolute Gasteiger partial charge is 0.133 e. The summed E-state index contributed by atoms with van der Waals surface area (Å²) in [5, 5.41) is 0. The monoisotopic (exact) mass is 223 g/mol. The van der Waals surface area contributed by atoms with Crippen molar-refractivity contribution in [1.29, 1.82) is 0 Å². The summed E-state index contributed by atoms with van der Waals surface area (Å²) in [6.07, 6.45) is 1.85. The van der Waals surface area contributed by atoms with Gasteiger partial charge in [0.2, 0.25) is 0 Å². The number of hydrogen-bond donors (Lipinski definition) is 1. The lowest BCUT2D eigenvalue weighted by Gasteiger charge is -2.29. The first-order chi connectivity index (χ1) is 7.29. The summed E-state index contributed by atoms with van der Waals surface area (Å²) in [5.41, 5.74) is 7.11. The minimum atomic E-state index is 0.0586. The highest BCUT2D eigenvalue weighted by atomic mass is 32.2. The molecule has 0 saturated carbocycles. The van der Waals surface area contributed by atoms with Crippen LogP contribution in [0.25, 0.3) is 0 Å². The van der Waals surface area contributed by atoms with Crippen LogP contribution in [0, 0.1) is 0 Å². The lowest BCUT2D eigenvalue weighted by molar-refractivity contribution is 0.773. The Balaban J connectivity index is 2.25. The first-order valence-corrected chi connectivity index (χ1v) is 6.47. The first-order valence-electron chi connectivity index (χ1n) is 5.32. The van der Waals surface area contributed by atoms with Crippen molar-refractivity contribution >= 4 is 17.6 Å². The molecule has 0 aliphatic carbocycles. The van der Waals surface area contributed by atoms with Gasteiger partial charge in [-0.15, -0.1) is 0 Å². The van der Waals surface area contributed by atoms with Crippen LogP contribution in [0.5, 0.6) is 0 Å². The summed E-state index contributed by atoms with van der Waals surface area (Å²) >= 11 is 2.01. The zero-order chi connectivity index (χ0) is 10.7. The summed E-state index contributed by atoms with van der Waals surface area (Å²) in [4.78, 5) is 6.80. The summed E-state index contributed by atoms with van der Waals surface area (Å²) in [5.74, 6) is 3.46. The number of nitrogens with zero attached hydrogens (tertiary/aromatic N) is 2. The normalized spacial score (nSPS) is 18.9. The minimum absolute atomic E-state index is 0.0586. The fraction of sp³-hybridized carbons (Fsp3) is 0.545. The van der Waals surface area contributed by atoms with Crippen LogP contribution < -0.4 is 10.6 Å². The van der Waals surface area contributed by atoms with Gasteiger partial charge in [0.15, 0.2) is 0 Å². The molecule has 2 heterocycles. The second-order valence-corrected chi connectivity index (χ2v) is 5.03. The average Bonchev–Trinajstić information content (AvgIpc) is 2.30. The Bertz CT molecular complexity index is 321.